The van der Waals surface area contributed by atoms with Crippen LogP contribution >= 0.6 is 0 Å². The smallest absolute Gasteiger partial charge is 0.227 e. The van der Waals surface area contributed by atoms with Crippen molar-refractivity contribution in [2.24, 2.45) is 0 Å². The summed E-state index contributed by atoms with van der Waals surface area (Å²) < 4.78 is 7.42. The van der Waals surface area contributed by atoms with Gasteiger partial charge in [-0.2, -0.15) is 5.10 Å². The van der Waals surface area contributed by atoms with Crippen molar-refractivity contribution in [2.75, 3.05) is 24.5 Å². The molecule has 1 amide bonds. The lowest BCUT2D eigenvalue weighted by Crippen LogP contribution is -2.47. The fraction of sp³-hybridized carbons (Fsp3) is 0.588. The van der Waals surface area contributed by atoms with E-state index in [1.807, 2.05) is 28.2 Å². The van der Waals surface area contributed by atoms with E-state index in [-0.39, 0.29) is 5.91 Å². The highest BCUT2D eigenvalue weighted by atomic mass is 16.5. The molecule has 5 rings (SSSR count). The summed E-state index contributed by atoms with van der Waals surface area (Å²) in [5.74, 6) is 1.91. The average molecular weight is 327 g/mol. The average Bonchev–Trinajstić information content (AvgIpc) is 2.95. The molecule has 4 heterocycles. The van der Waals surface area contributed by atoms with Gasteiger partial charge in [0.05, 0.1) is 24.1 Å². The lowest BCUT2D eigenvalue weighted by atomic mass is 10.1. The molecule has 3 fully saturated rings. The Morgan fingerprint density at radius 3 is 2.88 bits per heavy atom. The molecule has 2 aliphatic heterocycles. The lowest BCUT2D eigenvalue weighted by molar-refractivity contribution is -0.117. The van der Waals surface area contributed by atoms with Gasteiger partial charge < -0.3 is 9.42 Å². The van der Waals surface area contributed by atoms with Gasteiger partial charge in [0, 0.05) is 50.3 Å². The van der Waals surface area contributed by atoms with Crippen LogP contribution in [0.4, 0.5) is 5.69 Å². The number of rotatable bonds is 5. The zero-order chi connectivity index (χ0) is 16.1. The second-order valence-corrected chi connectivity index (χ2v) is 7.16. The maximum Gasteiger partial charge on any atom is 0.227 e. The Kier molecular flexibility index (Phi) is 3.22. The minimum atomic E-state index is 0.213. The molecule has 0 aromatic carbocycles. The molecule has 0 radical (unpaired) electrons. The van der Waals surface area contributed by atoms with E-state index in [0.717, 1.165) is 44.0 Å². The molecule has 7 nitrogen and oxygen atoms in total. The van der Waals surface area contributed by atoms with E-state index in [1.54, 1.807) is 0 Å². The van der Waals surface area contributed by atoms with Gasteiger partial charge in [0.2, 0.25) is 5.91 Å². The fourth-order valence-corrected chi connectivity index (χ4v) is 3.74. The molecule has 0 N–H and O–H groups in total. The van der Waals surface area contributed by atoms with Crippen LogP contribution in [-0.4, -0.2) is 45.4 Å². The maximum absolute atomic E-state index is 11.8. The van der Waals surface area contributed by atoms with Gasteiger partial charge in [-0.05, 0) is 19.3 Å². The molecule has 126 valence electrons. The van der Waals surface area contributed by atoms with Crippen LogP contribution in [-0.2, 0) is 11.3 Å². The van der Waals surface area contributed by atoms with E-state index in [9.17, 15) is 4.79 Å². The second-order valence-electron chi connectivity index (χ2n) is 7.16. The van der Waals surface area contributed by atoms with Crippen LogP contribution in [0.15, 0.2) is 23.1 Å². The molecule has 2 saturated heterocycles. The molecule has 1 saturated carbocycles. The topological polar surface area (TPSA) is 67.4 Å². The standard InChI is InChI=1S/C17H21N5O2/c23-16-2-1-5-21(16)14-7-18-22(11-14)15-9-20(10-15)8-13-6-19-24-17(13)12-3-4-12/h6-7,11-12,15H,1-5,8-10H2. The van der Waals surface area contributed by atoms with Gasteiger partial charge >= 0.3 is 0 Å². The second kappa shape index (κ2) is 5.44. The number of nitrogens with zero attached hydrogens (tertiary/aromatic N) is 5. The zero-order valence-corrected chi connectivity index (χ0v) is 13.6. The molecule has 3 aliphatic rings. The molecule has 0 atom stereocenters. The van der Waals surface area contributed by atoms with Crippen LogP contribution in [0.3, 0.4) is 0 Å². The van der Waals surface area contributed by atoms with Crippen molar-refractivity contribution in [1.82, 2.24) is 19.8 Å². The zero-order valence-electron chi connectivity index (χ0n) is 13.6. The van der Waals surface area contributed by atoms with Crippen LogP contribution in [0.2, 0.25) is 0 Å². The van der Waals surface area contributed by atoms with Crippen LogP contribution in [0, 0.1) is 0 Å². The molecular weight excluding hydrogens is 306 g/mol. The highest BCUT2D eigenvalue weighted by Gasteiger charge is 2.34. The van der Waals surface area contributed by atoms with Crippen molar-refractivity contribution in [1.29, 1.82) is 0 Å². The minimum absolute atomic E-state index is 0.213. The summed E-state index contributed by atoms with van der Waals surface area (Å²) in [5, 5.41) is 8.44. The van der Waals surface area contributed by atoms with Crippen molar-refractivity contribution in [3.63, 3.8) is 0 Å². The van der Waals surface area contributed by atoms with Gasteiger partial charge in [-0.1, -0.05) is 5.16 Å². The van der Waals surface area contributed by atoms with E-state index in [4.69, 9.17) is 4.52 Å². The summed E-state index contributed by atoms with van der Waals surface area (Å²) >= 11 is 0. The molecule has 2 aromatic heterocycles. The highest BCUT2D eigenvalue weighted by Crippen LogP contribution is 2.42. The van der Waals surface area contributed by atoms with Gasteiger partial charge in [0.1, 0.15) is 5.76 Å². The van der Waals surface area contributed by atoms with E-state index in [1.165, 1.54) is 18.4 Å². The number of likely N-dealkylation sites (tertiary alicyclic amines) is 1. The fourth-order valence-electron chi connectivity index (χ4n) is 3.74. The third-order valence-corrected chi connectivity index (χ3v) is 5.30. The Labute approximate surface area is 140 Å². The molecule has 2 aromatic rings. The summed E-state index contributed by atoms with van der Waals surface area (Å²) in [6.45, 7) is 3.68. The molecule has 0 bridgehead atoms. The van der Waals surface area contributed by atoms with Crippen LogP contribution in [0.5, 0.6) is 0 Å². The van der Waals surface area contributed by atoms with Gasteiger partial charge in [-0.3, -0.25) is 14.4 Å². The summed E-state index contributed by atoms with van der Waals surface area (Å²) in [6.07, 6.45) is 9.77. The monoisotopic (exact) mass is 327 g/mol. The van der Waals surface area contributed by atoms with E-state index >= 15 is 0 Å². The molecule has 7 heteroatoms. The SMILES string of the molecule is O=C1CCCN1c1cnn(C2CN(Cc3cnoc3C3CC3)C2)c1. The molecule has 24 heavy (non-hydrogen) atoms. The summed E-state index contributed by atoms with van der Waals surface area (Å²) in [5.41, 5.74) is 2.17. The van der Waals surface area contributed by atoms with Crippen molar-refractivity contribution in [3.05, 3.63) is 29.9 Å². The number of aromatic nitrogens is 3. The maximum atomic E-state index is 11.8. The predicted molar refractivity (Wildman–Crippen MR) is 86.6 cm³/mol. The molecule has 1 aliphatic carbocycles. The first kappa shape index (κ1) is 14.2. The number of carbonyl (C=O) groups excluding carboxylic acids is 1. The summed E-state index contributed by atoms with van der Waals surface area (Å²) in [7, 11) is 0. The van der Waals surface area contributed by atoms with Crippen molar-refractivity contribution in [3.8, 4) is 0 Å². The Hall–Kier alpha value is -2.15. The first-order valence-corrected chi connectivity index (χ1v) is 8.78. The third kappa shape index (κ3) is 2.43. The van der Waals surface area contributed by atoms with E-state index < -0.39 is 0 Å². The Morgan fingerprint density at radius 1 is 1.25 bits per heavy atom. The number of amides is 1. The quantitative estimate of drug-likeness (QED) is 0.839. The summed E-state index contributed by atoms with van der Waals surface area (Å²) in [6, 6.07) is 0.390. The van der Waals surface area contributed by atoms with Crippen LogP contribution in [0.25, 0.3) is 0 Å². The molecular formula is C17H21N5O2. The van der Waals surface area contributed by atoms with Crippen LogP contribution < -0.4 is 4.90 Å². The first-order chi connectivity index (χ1) is 11.8. The number of carbonyl (C=O) groups is 1. The third-order valence-electron chi connectivity index (χ3n) is 5.30. The minimum Gasteiger partial charge on any atom is -0.361 e. The van der Waals surface area contributed by atoms with Crippen molar-refractivity contribution in [2.45, 2.75) is 44.2 Å². The number of hydrogen-bond donors (Lipinski definition) is 0. The van der Waals surface area contributed by atoms with E-state index in [0.29, 0.717) is 18.4 Å². The van der Waals surface area contributed by atoms with Gasteiger partial charge in [0.15, 0.2) is 0 Å². The van der Waals surface area contributed by atoms with Gasteiger partial charge in [-0.25, -0.2) is 0 Å². The molecule has 0 spiro atoms. The first-order valence-electron chi connectivity index (χ1n) is 8.78. The van der Waals surface area contributed by atoms with Crippen LogP contribution in [0.1, 0.15) is 49.0 Å². The summed E-state index contributed by atoms with van der Waals surface area (Å²) in [4.78, 5) is 16.1. The van der Waals surface area contributed by atoms with Crippen molar-refractivity contribution >= 4 is 11.6 Å². The Bertz CT molecular complexity index is 757. The Balaban J connectivity index is 1.20. The number of hydrogen-bond acceptors (Lipinski definition) is 5. The largest absolute Gasteiger partial charge is 0.361 e. The van der Waals surface area contributed by atoms with Gasteiger partial charge in [-0.15, -0.1) is 0 Å². The Morgan fingerprint density at radius 2 is 2.12 bits per heavy atom. The van der Waals surface area contributed by atoms with Gasteiger partial charge in [0.25, 0.3) is 0 Å². The normalized spacial score (nSPS) is 22.3. The predicted octanol–water partition coefficient (Wildman–Crippen LogP) is 1.93. The van der Waals surface area contributed by atoms with Crippen molar-refractivity contribution < 1.29 is 9.32 Å². The highest BCUT2D eigenvalue weighted by molar-refractivity contribution is 5.95. The van der Waals surface area contributed by atoms with E-state index in [2.05, 4.69) is 15.2 Å². The lowest BCUT2D eigenvalue weighted by Gasteiger charge is -2.39. The molecule has 0 unspecified atom stereocenters. The number of anilines is 1.